The van der Waals surface area contributed by atoms with Crippen molar-refractivity contribution in [3.8, 4) is 0 Å². The Labute approximate surface area is 82.3 Å². The van der Waals surface area contributed by atoms with Crippen LogP contribution in [0.1, 0.15) is 0 Å². The van der Waals surface area contributed by atoms with Crippen LogP contribution >= 0.6 is 12.4 Å². The molecule has 1 amide bonds. The number of aliphatic imine (C=N–C) groups is 1. The van der Waals surface area contributed by atoms with Crippen LogP contribution in [0.3, 0.4) is 0 Å². The van der Waals surface area contributed by atoms with Crippen LogP contribution in [-0.2, 0) is 4.79 Å². The normalized spacial score (nSPS) is 14.3. The lowest BCUT2D eigenvalue weighted by molar-refractivity contribution is -0.113. The van der Waals surface area contributed by atoms with E-state index >= 15 is 0 Å². The Balaban J connectivity index is 0.00000144. The number of allylic oxidation sites excluding steroid dienone is 2. The number of nitrogens with zero attached hydrogens (tertiary/aromatic N) is 1. The molecule has 0 saturated heterocycles. The first kappa shape index (κ1) is 11.4. The second kappa shape index (κ2) is 6.02. The number of hydrogen-bond donors (Lipinski definition) is 2. The Morgan fingerprint density at radius 3 is 3.08 bits per heavy atom. The summed E-state index contributed by atoms with van der Waals surface area (Å²) < 4.78 is 0. The predicted molar refractivity (Wildman–Crippen MR) is 54.4 cm³/mol. The second-order valence-electron chi connectivity index (χ2n) is 2.12. The van der Waals surface area contributed by atoms with Crippen LogP contribution < -0.4 is 11.1 Å². The third-order valence-corrected chi connectivity index (χ3v) is 1.18. The van der Waals surface area contributed by atoms with E-state index < -0.39 is 5.91 Å². The van der Waals surface area contributed by atoms with Crippen LogP contribution in [0.25, 0.3) is 0 Å². The molecule has 0 aromatic heterocycles. The zero-order valence-corrected chi connectivity index (χ0v) is 7.62. The van der Waals surface area contributed by atoms with E-state index in [4.69, 9.17) is 5.73 Å². The number of halogens is 1. The van der Waals surface area contributed by atoms with Gasteiger partial charge in [-0.15, -0.1) is 12.4 Å². The van der Waals surface area contributed by atoms with Crippen molar-refractivity contribution in [2.75, 3.05) is 0 Å². The first-order valence-corrected chi connectivity index (χ1v) is 3.41. The summed E-state index contributed by atoms with van der Waals surface area (Å²) in [6.07, 6.45) is 9.51. The predicted octanol–water partition coefficient (Wildman–Crippen LogP) is 0.479. The van der Waals surface area contributed by atoms with Crippen LogP contribution in [0.5, 0.6) is 0 Å². The molecule has 4 nitrogen and oxygen atoms in total. The molecule has 0 atom stereocenters. The van der Waals surface area contributed by atoms with Gasteiger partial charge in [0.15, 0.2) is 0 Å². The molecular weight excluding hydrogens is 190 g/mol. The Bertz CT molecular complexity index is 292. The Morgan fingerprint density at radius 2 is 2.38 bits per heavy atom. The highest BCUT2D eigenvalue weighted by molar-refractivity contribution is 5.86. The van der Waals surface area contributed by atoms with Crippen molar-refractivity contribution in [3.63, 3.8) is 0 Å². The van der Waals surface area contributed by atoms with Gasteiger partial charge in [-0.05, 0) is 12.2 Å². The summed E-state index contributed by atoms with van der Waals surface area (Å²) >= 11 is 0. The molecule has 0 aromatic carbocycles. The third kappa shape index (κ3) is 4.81. The van der Waals surface area contributed by atoms with Crippen molar-refractivity contribution < 1.29 is 4.79 Å². The van der Waals surface area contributed by atoms with Gasteiger partial charge in [-0.1, -0.05) is 0 Å². The topological polar surface area (TPSA) is 67.5 Å². The van der Waals surface area contributed by atoms with Crippen molar-refractivity contribution in [2.45, 2.75) is 0 Å². The van der Waals surface area contributed by atoms with E-state index in [0.717, 1.165) is 5.70 Å². The van der Waals surface area contributed by atoms with Crippen LogP contribution in [0.15, 0.2) is 41.3 Å². The van der Waals surface area contributed by atoms with Crippen molar-refractivity contribution in [2.24, 2.45) is 10.7 Å². The average Bonchev–Trinajstić information content (AvgIpc) is 2.28. The SMILES string of the molecule is Cl.NC(=O)C=CC1=CC=NC=CN1. The monoisotopic (exact) mass is 199 g/mol. The van der Waals surface area contributed by atoms with Crippen LogP contribution in [-0.4, -0.2) is 12.1 Å². The molecule has 0 fully saturated rings. The molecule has 1 heterocycles. The van der Waals surface area contributed by atoms with E-state index in [1.165, 1.54) is 6.08 Å². The van der Waals surface area contributed by atoms with Gasteiger partial charge in [0.1, 0.15) is 0 Å². The van der Waals surface area contributed by atoms with Crippen molar-refractivity contribution in [3.05, 3.63) is 36.3 Å². The number of nitrogens with two attached hydrogens (primary N) is 1. The van der Waals surface area contributed by atoms with Gasteiger partial charge in [0, 0.05) is 30.4 Å². The Kier molecular flexibility index (Phi) is 5.30. The van der Waals surface area contributed by atoms with Crippen molar-refractivity contribution in [1.29, 1.82) is 0 Å². The van der Waals surface area contributed by atoms with Gasteiger partial charge in [0.2, 0.25) is 5.91 Å². The summed E-state index contributed by atoms with van der Waals surface area (Å²) in [6.45, 7) is 0. The average molecular weight is 200 g/mol. The van der Waals surface area contributed by atoms with Gasteiger partial charge in [0.25, 0.3) is 0 Å². The number of rotatable bonds is 2. The summed E-state index contributed by atoms with van der Waals surface area (Å²) in [6, 6.07) is 0. The van der Waals surface area contributed by atoms with E-state index in [2.05, 4.69) is 10.3 Å². The molecule has 0 bridgehead atoms. The number of carbonyl (C=O) groups is 1. The lowest BCUT2D eigenvalue weighted by Crippen LogP contribution is -2.07. The second-order valence-corrected chi connectivity index (χ2v) is 2.12. The quantitative estimate of drug-likeness (QED) is 0.636. The molecule has 0 spiro atoms. The van der Waals surface area contributed by atoms with Crippen molar-refractivity contribution in [1.82, 2.24) is 5.32 Å². The number of hydrogen-bond acceptors (Lipinski definition) is 3. The summed E-state index contributed by atoms with van der Waals surface area (Å²) in [5, 5.41) is 2.90. The lowest BCUT2D eigenvalue weighted by Gasteiger charge is -1.96. The van der Waals surface area contributed by atoms with E-state index in [1.54, 1.807) is 30.8 Å². The minimum atomic E-state index is -0.470. The van der Waals surface area contributed by atoms with E-state index in [0.29, 0.717) is 0 Å². The van der Waals surface area contributed by atoms with E-state index in [9.17, 15) is 4.79 Å². The molecule has 0 saturated carbocycles. The first-order valence-electron chi connectivity index (χ1n) is 3.41. The number of carbonyl (C=O) groups excluding carboxylic acids is 1. The zero-order valence-electron chi connectivity index (χ0n) is 6.81. The number of nitrogens with one attached hydrogen (secondary N) is 1. The van der Waals surface area contributed by atoms with Crippen LogP contribution in [0.4, 0.5) is 0 Å². The van der Waals surface area contributed by atoms with Gasteiger partial charge in [0.05, 0.1) is 0 Å². The summed E-state index contributed by atoms with van der Waals surface area (Å²) in [4.78, 5) is 14.2. The molecule has 3 N–H and O–H groups in total. The first-order chi connectivity index (χ1) is 5.79. The molecule has 0 unspecified atom stereocenters. The molecule has 1 rings (SSSR count). The molecule has 5 heteroatoms. The maximum Gasteiger partial charge on any atom is 0.241 e. The van der Waals surface area contributed by atoms with Gasteiger partial charge >= 0.3 is 0 Å². The molecular formula is C8H10ClN3O. The number of amides is 1. The molecule has 0 radical (unpaired) electrons. The van der Waals surface area contributed by atoms with E-state index in [-0.39, 0.29) is 12.4 Å². The summed E-state index contributed by atoms with van der Waals surface area (Å²) in [5.74, 6) is -0.470. The maximum absolute atomic E-state index is 10.4. The van der Waals surface area contributed by atoms with Crippen LogP contribution in [0, 0.1) is 0 Å². The molecule has 1 aliphatic rings. The summed E-state index contributed by atoms with van der Waals surface area (Å²) in [7, 11) is 0. The highest BCUT2D eigenvalue weighted by atomic mass is 35.5. The molecule has 0 aromatic rings. The summed E-state index contributed by atoms with van der Waals surface area (Å²) in [5.41, 5.74) is 5.69. The Morgan fingerprint density at radius 1 is 1.62 bits per heavy atom. The van der Waals surface area contributed by atoms with Gasteiger partial charge in [-0.2, -0.15) is 0 Å². The van der Waals surface area contributed by atoms with Crippen molar-refractivity contribution >= 4 is 24.5 Å². The largest absolute Gasteiger partial charge is 0.366 e. The highest BCUT2D eigenvalue weighted by Crippen LogP contribution is 1.93. The molecule has 13 heavy (non-hydrogen) atoms. The zero-order chi connectivity index (χ0) is 8.81. The maximum atomic E-state index is 10.4. The highest BCUT2D eigenvalue weighted by Gasteiger charge is 1.89. The van der Waals surface area contributed by atoms with Gasteiger partial charge in [-0.3, -0.25) is 9.79 Å². The van der Waals surface area contributed by atoms with Gasteiger partial charge in [-0.25, -0.2) is 0 Å². The van der Waals surface area contributed by atoms with E-state index in [1.807, 2.05) is 0 Å². The fraction of sp³-hybridized carbons (Fsp3) is 0. The van der Waals surface area contributed by atoms with Gasteiger partial charge < -0.3 is 11.1 Å². The van der Waals surface area contributed by atoms with Crippen LogP contribution in [0.2, 0.25) is 0 Å². The minimum absolute atomic E-state index is 0. The molecule has 0 aliphatic carbocycles. The minimum Gasteiger partial charge on any atom is -0.366 e. The standard InChI is InChI=1S/C8H9N3O.ClH/c9-8(12)2-1-7-3-4-10-5-6-11-7;/h1-6,11H,(H2,9,12);1H. The smallest absolute Gasteiger partial charge is 0.241 e. The fourth-order valence-electron chi connectivity index (χ4n) is 0.673. The number of primary amides is 1. The molecule has 70 valence electrons. The fourth-order valence-corrected chi connectivity index (χ4v) is 0.673. The molecule has 1 aliphatic heterocycles. The lowest BCUT2D eigenvalue weighted by atomic mass is 10.3. The Hall–Kier alpha value is -1.55. The third-order valence-electron chi connectivity index (χ3n) is 1.18.